The number of hydrogen-bond donors (Lipinski definition) is 2. The highest BCUT2D eigenvalue weighted by Crippen LogP contribution is 2.28. The second-order valence-electron chi connectivity index (χ2n) is 5.46. The molecule has 1 aliphatic rings. The maximum absolute atomic E-state index is 11.1. The molecule has 19 heavy (non-hydrogen) atoms. The number of pyridine rings is 1. The Morgan fingerprint density at radius 2 is 2.26 bits per heavy atom. The second kappa shape index (κ2) is 6.66. The molecule has 0 bridgehead atoms. The summed E-state index contributed by atoms with van der Waals surface area (Å²) in [5.41, 5.74) is 0.921. The molecule has 0 amide bonds. The van der Waals surface area contributed by atoms with Crippen LogP contribution < -0.4 is 5.32 Å². The average molecular weight is 262 g/mol. The van der Waals surface area contributed by atoms with E-state index in [-0.39, 0.29) is 0 Å². The minimum absolute atomic E-state index is 0.298. The van der Waals surface area contributed by atoms with Crippen LogP contribution in [0.3, 0.4) is 0 Å². The van der Waals surface area contributed by atoms with Crippen molar-refractivity contribution < 1.29 is 9.90 Å². The molecule has 2 unspecified atom stereocenters. The molecule has 2 atom stereocenters. The number of aromatic nitrogens is 1. The normalized spacial score (nSPS) is 23.2. The van der Waals surface area contributed by atoms with Gasteiger partial charge in [0.15, 0.2) is 0 Å². The van der Waals surface area contributed by atoms with Gasteiger partial charge in [-0.25, -0.2) is 4.79 Å². The minimum atomic E-state index is -0.907. The number of hydrogen-bond acceptors (Lipinski definition) is 3. The average Bonchev–Trinajstić information content (AvgIpc) is 2.41. The lowest BCUT2D eigenvalue weighted by molar-refractivity contribution is 0.0695. The van der Waals surface area contributed by atoms with E-state index < -0.39 is 5.97 Å². The van der Waals surface area contributed by atoms with Crippen LogP contribution in [-0.2, 0) is 6.54 Å². The summed E-state index contributed by atoms with van der Waals surface area (Å²) in [6.07, 6.45) is 6.91. The summed E-state index contributed by atoms with van der Waals surface area (Å²) in [7, 11) is 0. The number of nitrogens with one attached hydrogen (secondary N) is 1. The van der Waals surface area contributed by atoms with Crippen LogP contribution in [0.25, 0.3) is 0 Å². The maximum Gasteiger partial charge on any atom is 0.337 e. The first-order valence-electron chi connectivity index (χ1n) is 7.06. The molecule has 1 aromatic heterocycles. The van der Waals surface area contributed by atoms with E-state index in [1.54, 1.807) is 18.3 Å². The fraction of sp³-hybridized carbons (Fsp3) is 0.600. The Balaban J connectivity index is 1.87. The first-order valence-corrected chi connectivity index (χ1v) is 7.06. The Morgan fingerprint density at radius 3 is 3.00 bits per heavy atom. The third kappa shape index (κ3) is 3.77. The molecule has 0 saturated heterocycles. The predicted molar refractivity (Wildman–Crippen MR) is 74.0 cm³/mol. The number of aromatic carboxylic acids is 1. The molecule has 2 rings (SSSR count). The highest BCUT2D eigenvalue weighted by atomic mass is 16.4. The van der Waals surface area contributed by atoms with E-state index in [2.05, 4.69) is 17.2 Å². The van der Waals surface area contributed by atoms with Gasteiger partial charge in [0.05, 0.1) is 11.3 Å². The molecule has 104 valence electrons. The van der Waals surface area contributed by atoms with Crippen molar-refractivity contribution in [2.45, 2.75) is 39.2 Å². The van der Waals surface area contributed by atoms with Crippen molar-refractivity contribution in [2.24, 2.45) is 11.8 Å². The van der Waals surface area contributed by atoms with E-state index in [9.17, 15) is 4.79 Å². The van der Waals surface area contributed by atoms with Crippen molar-refractivity contribution in [3.63, 3.8) is 0 Å². The summed E-state index contributed by atoms with van der Waals surface area (Å²) in [6, 6.07) is 3.27. The fourth-order valence-corrected chi connectivity index (χ4v) is 2.85. The van der Waals surface area contributed by atoms with Gasteiger partial charge in [0.25, 0.3) is 0 Å². The molecule has 1 saturated carbocycles. The van der Waals surface area contributed by atoms with E-state index in [0.717, 1.165) is 12.5 Å². The van der Waals surface area contributed by atoms with Gasteiger partial charge in [-0.1, -0.05) is 26.2 Å². The van der Waals surface area contributed by atoms with Gasteiger partial charge in [-0.3, -0.25) is 4.98 Å². The number of rotatable bonds is 5. The third-order valence-corrected chi connectivity index (χ3v) is 4.11. The van der Waals surface area contributed by atoms with E-state index in [1.165, 1.54) is 25.7 Å². The van der Waals surface area contributed by atoms with Crippen LogP contribution in [0.1, 0.15) is 48.7 Å². The predicted octanol–water partition coefficient (Wildman–Crippen LogP) is 2.70. The van der Waals surface area contributed by atoms with Gasteiger partial charge in [0.1, 0.15) is 0 Å². The molecular weight excluding hydrogens is 240 g/mol. The van der Waals surface area contributed by atoms with Gasteiger partial charge < -0.3 is 10.4 Å². The van der Waals surface area contributed by atoms with Crippen LogP contribution in [0.2, 0.25) is 0 Å². The molecule has 1 heterocycles. The Bertz CT molecular complexity index is 434. The van der Waals surface area contributed by atoms with E-state index in [1.807, 2.05) is 0 Å². The monoisotopic (exact) mass is 262 g/mol. The lowest BCUT2D eigenvalue weighted by atomic mass is 9.80. The Kier molecular flexibility index (Phi) is 4.91. The van der Waals surface area contributed by atoms with Crippen molar-refractivity contribution in [3.8, 4) is 0 Å². The van der Waals surface area contributed by atoms with E-state index in [0.29, 0.717) is 23.7 Å². The summed E-state index contributed by atoms with van der Waals surface area (Å²) in [5.74, 6) is 0.575. The summed E-state index contributed by atoms with van der Waals surface area (Å²) in [6.45, 7) is 3.80. The van der Waals surface area contributed by atoms with Gasteiger partial charge in [0, 0.05) is 12.7 Å². The van der Waals surface area contributed by atoms with Gasteiger partial charge in [-0.05, 0) is 36.9 Å². The van der Waals surface area contributed by atoms with Crippen LogP contribution >= 0.6 is 0 Å². The zero-order chi connectivity index (χ0) is 13.7. The number of carboxylic acids is 1. The summed E-state index contributed by atoms with van der Waals surface area (Å²) in [4.78, 5) is 15.2. The van der Waals surface area contributed by atoms with Crippen LogP contribution in [0.4, 0.5) is 0 Å². The Hall–Kier alpha value is -1.42. The van der Waals surface area contributed by atoms with Crippen molar-refractivity contribution in [1.82, 2.24) is 10.3 Å². The Labute approximate surface area is 114 Å². The first kappa shape index (κ1) is 14.0. The van der Waals surface area contributed by atoms with Crippen LogP contribution in [0.5, 0.6) is 0 Å². The number of nitrogens with zero attached hydrogens (tertiary/aromatic N) is 1. The number of carbonyl (C=O) groups is 1. The molecule has 1 fully saturated rings. The standard InChI is InChI=1S/C15H22N2O2/c1-11-5-2-3-6-12(11)9-16-10-14-13(15(18)19)7-4-8-17-14/h4,7-8,11-12,16H,2-3,5-6,9-10H2,1H3,(H,18,19). The SMILES string of the molecule is CC1CCCCC1CNCc1ncccc1C(=O)O. The summed E-state index contributed by atoms with van der Waals surface area (Å²) in [5, 5.41) is 12.5. The number of carboxylic acid groups (broad SMARTS) is 1. The summed E-state index contributed by atoms with van der Waals surface area (Å²) >= 11 is 0. The zero-order valence-electron chi connectivity index (χ0n) is 11.4. The third-order valence-electron chi connectivity index (χ3n) is 4.11. The summed E-state index contributed by atoms with van der Waals surface area (Å²) < 4.78 is 0. The first-order chi connectivity index (χ1) is 9.18. The van der Waals surface area contributed by atoms with Crippen molar-refractivity contribution in [2.75, 3.05) is 6.54 Å². The largest absolute Gasteiger partial charge is 0.478 e. The molecule has 1 aliphatic carbocycles. The highest BCUT2D eigenvalue weighted by Gasteiger charge is 2.20. The molecule has 0 spiro atoms. The maximum atomic E-state index is 11.1. The van der Waals surface area contributed by atoms with Gasteiger partial charge in [-0.2, -0.15) is 0 Å². The quantitative estimate of drug-likeness (QED) is 0.856. The lowest BCUT2D eigenvalue weighted by Gasteiger charge is -2.28. The van der Waals surface area contributed by atoms with Gasteiger partial charge in [-0.15, -0.1) is 0 Å². The molecule has 4 heteroatoms. The van der Waals surface area contributed by atoms with E-state index in [4.69, 9.17) is 5.11 Å². The molecule has 0 aliphatic heterocycles. The van der Waals surface area contributed by atoms with Crippen LogP contribution in [0, 0.1) is 11.8 Å². The second-order valence-corrected chi connectivity index (χ2v) is 5.46. The molecule has 4 nitrogen and oxygen atoms in total. The van der Waals surface area contributed by atoms with Crippen molar-refractivity contribution in [1.29, 1.82) is 0 Å². The molecule has 2 N–H and O–H groups in total. The Morgan fingerprint density at radius 1 is 1.47 bits per heavy atom. The molecule has 1 aromatic rings. The van der Waals surface area contributed by atoms with Gasteiger partial charge >= 0.3 is 5.97 Å². The van der Waals surface area contributed by atoms with Gasteiger partial charge in [0.2, 0.25) is 0 Å². The highest BCUT2D eigenvalue weighted by molar-refractivity contribution is 5.88. The topological polar surface area (TPSA) is 62.2 Å². The minimum Gasteiger partial charge on any atom is -0.478 e. The van der Waals surface area contributed by atoms with Crippen LogP contribution in [-0.4, -0.2) is 22.6 Å². The molecule has 0 radical (unpaired) electrons. The zero-order valence-corrected chi connectivity index (χ0v) is 11.4. The van der Waals surface area contributed by atoms with E-state index >= 15 is 0 Å². The van der Waals surface area contributed by atoms with Crippen molar-refractivity contribution >= 4 is 5.97 Å². The smallest absolute Gasteiger partial charge is 0.337 e. The lowest BCUT2D eigenvalue weighted by Crippen LogP contribution is -2.29. The fourth-order valence-electron chi connectivity index (χ4n) is 2.85. The molecular formula is C15H22N2O2. The van der Waals surface area contributed by atoms with Crippen molar-refractivity contribution in [3.05, 3.63) is 29.6 Å². The molecule has 0 aromatic carbocycles. The van der Waals surface area contributed by atoms with Crippen LogP contribution in [0.15, 0.2) is 18.3 Å².